The van der Waals surface area contributed by atoms with Gasteiger partial charge in [-0.2, -0.15) is 0 Å². The second kappa shape index (κ2) is 5.11. The van der Waals surface area contributed by atoms with Crippen LogP contribution in [0, 0.1) is 0 Å². The largest absolute Gasteiger partial charge is 0.361 e. The van der Waals surface area contributed by atoms with Crippen molar-refractivity contribution in [3.8, 4) is 0 Å². The summed E-state index contributed by atoms with van der Waals surface area (Å²) >= 11 is 0. The first-order valence-electron chi connectivity index (χ1n) is 4.73. The fraction of sp³-hybridized carbons (Fsp3) is 1.00. The zero-order chi connectivity index (χ0) is 9.73. The molecule has 13 heavy (non-hydrogen) atoms. The van der Waals surface area contributed by atoms with Crippen LogP contribution < -0.4 is 0 Å². The summed E-state index contributed by atoms with van der Waals surface area (Å²) in [4.78, 5) is 0. The molecule has 78 valence electrons. The van der Waals surface area contributed by atoms with Crippen molar-refractivity contribution >= 4 is 7.60 Å². The van der Waals surface area contributed by atoms with Crippen LogP contribution in [0.3, 0.4) is 0 Å². The topological polar surface area (TPSA) is 48.1 Å². The Labute approximate surface area is 79.1 Å². The van der Waals surface area contributed by atoms with Gasteiger partial charge in [0.1, 0.15) is 0 Å². The van der Waals surface area contributed by atoms with E-state index in [1.165, 1.54) is 0 Å². The summed E-state index contributed by atoms with van der Waals surface area (Å²) < 4.78 is 27.3. The average molecular weight is 208 g/mol. The minimum Gasteiger partial charge on any atom is -0.360 e. The number of hydrogen-bond acceptors (Lipinski definition) is 4. The molecule has 1 heterocycles. The molecule has 0 amide bonds. The highest BCUT2D eigenvalue weighted by Gasteiger charge is 2.45. The van der Waals surface area contributed by atoms with Crippen LogP contribution in [0.2, 0.25) is 0 Å². The fourth-order valence-electron chi connectivity index (χ4n) is 0.866. The molecule has 0 bridgehead atoms. The van der Waals surface area contributed by atoms with Crippen LogP contribution in [-0.2, 0) is 18.3 Å². The zero-order valence-corrected chi connectivity index (χ0v) is 9.09. The Kier molecular flexibility index (Phi) is 4.39. The second-order valence-corrected chi connectivity index (χ2v) is 5.17. The summed E-state index contributed by atoms with van der Waals surface area (Å²) in [5.41, 5.74) is 0. The monoisotopic (exact) mass is 208 g/mol. The van der Waals surface area contributed by atoms with Crippen LogP contribution in [0.5, 0.6) is 0 Å². The van der Waals surface area contributed by atoms with Crippen LogP contribution in [0.4, 0.5) is 0 Å². The van der Waals surface area contributed by atoms with Crippen molar-refractivity contribution in [2.75, 3.05) is 19.8 Å². The average Bonchev–Trinajstić information content (AvgIpc) is 2.94. The number of hydrogen-bond donors (Lipinski definition) is 0. The Balaban J connectivity index is 2.37. The van der Waals surface area contributed by atoms with E-state index in [0.717, 1.165) is 12.8 Å². The van der Waals surface area contributed by atoms with Gasteiger partial charge < -0.3 is 13.8 Å². The minimum atomic E-state index is -2.94. The van der Waals surface area contributed by atoms with Crippen molar-refractivity contribution in [3.05, 3.63) is 0 Å². The van der Waals surface area contributed by atoms with Crippen LogP contribution in [0.15, 0.2) is 0 Å². The molecule has 1 unspecified atom stereocenters. The van der Waals surface area contributed by atoms with E-state index in [-0.39, 0.29) is 5.85 Å². The maximum absolute atomic E-state index is 11.9. The van der Waals surface area contributed by atoms with Crippen molar-refractivity contribution in [2.45, 2.75) is 32.5 Å². The van der Waals surface area contributed by atoms with Crippen molar-refractivity contribution in [2.24, 2.45) is 0 Å². The molecule has 0 saturated carbocycles. The molecule has 1 aliphatic heterocycles. The summed E-state index contributed by atoms with van der Waals surface area (Å²) in [6.07, 6.45) is 1.68. The van der Waals surface area contributed by atoms with Gasteiger partial charge in [0.05, 0.1) is 19.8 Å². The third-order valence-electron chi connectivity index (χ3n) is 1.62. The number of rotatable bonds is 7. The highest BCUT2D eigenvalue weighted by Crippen LogP contribution is 2.58. The van der Waals surface area contributed by atoms with E-state index >= 15 is 0 Å². The van der Waals surface area contributed by atoms with Crippen LogP contribution in [-0.4, -0.2) is 25.7 Å². The van der Waals surface area contributed by atoms with Crippen LogP contribution in [0.1, 0.15) is 26.7 Å². The van der Waals surface area contributed by atoms with E-state index in [0.29, 0.717) is 19.8 Å². The van der Waals surface area contributed by atoms with Gasteiger partial charge in [0, 0.05) is 0 Å². The smallest absolute Gasteiger partial charge is 0.360 e. The highest BCUT2D eigenvalue weighted by atomic mass is 31.2. The molecular formula is C8H17O4P. The Bertz CT molecular complexity index is 179. The molecule has 0 aromatic heterocycles. The van der Waals surface area contributed by atoms with Gasteiger partial charge in [-0.1, -0.05) is 13.8 Å². The van der Waals surface area contributed by atoms with E-state index in [1.807, 2.05) is 13.8 Å². The summed E-state index contributed by atoms with van der Waals surface area (Å²) in [6.45, 7) is 5.39. The van der Waals surface area contributed by atoms with Crippen molar-refractivity contribution in [1.82, 2.24) is 0 Å². The van der Waals surface area contributed by atoms with Crippen molar-refractivity contribution in [1.29, 1.82) is 0 Å². The van der Waals surface area contributed by atoms with Gasteiger partial charge in [-0.15, -0.1) is 0 Å². The van der Waals surface area contributed by atoms with Gasteiger partial charge in [-0.25, -0.2) is 0 Å². The molecule has 0 aromatic rings. The summed E-state index contributed by atoms with van der Waals surface area (Å²) in [5, 5.41) is 0. The maximum Gasteiger partial charge on any atom is 0.361 e. The molecular weight excluding hydrogens is 191 g/mol. The number of ether oxygens (including phenoxy) is 1. The van der Waals surface area contributed by atoms with Gasteiger partial charge in [0.2, 0.25) is 0 Å². The quantitative estimate of drug-likeness (QED) is 0.476. The van der Waals surface area contributed by atoms with E-state index in [9.17, 15) is 4.57 Å². The molecule has 0 aromatic carbocycles. The predicted octanol–water partition coefficient (Wildman–Crippen LogP) is 2.39. The predicted molar refractivity (Wildman–Crippen MR) is 49.8 cm³/mol. The molecule has 0 aliphatic carbocycles. The lowest BCUT2D eigenvalue weighted by atomic mass is 10.5. The molecule has 0 N–H and O–H groups in total. The lowest BCUT2D eigenvalue weighted by Gasteiger charge is -2.15. The Morgan fingerprint density at radius 2 is 1.77 bits per heavy atom. The molecule has 4 nitrogen and oxygen atoms in total. The molecule has 1 saturated heterocycles. The van der Waals surface area contributed by atoms with Crippen molar-refractivity contribution < 1.29 is 18.3 Å². The Morgan fingerprint density at radius 1 is 1.31 bits per heavy atom. The first-order valence-corrected chi connectivity index (χ1v) is 6.34. The summed E-state index contributed by atoms with van der Waals surface area (Å²) in [7, 11) is -2.94. The van der Waals surface area contributed by atoms with E-state index in [4.69, 9.17) is 13.8 Å². The summed E-state index contributed by atoms with van der Waals surface area (Å²) in [6, 6.07) is 0. The molecule has 1 rings (SSSR count). The second-order valence-electron chi connectivity index (χ2n) is 2.99. The van der Waals surface area contributed by atoms with Crippen LogP contribution >= 0.6 is 7.60 Å². The van der Waals surface area contributed by atoms with Gasteiger partial charge in [0.25, 0.3) is 0 Å². The standard InChI is InChI=1S/C8H17O4P/c1-3-5-11-13(9,8-7-10-8)12-6-4-2/h8H,3-7H2,1-2H3. The van der Waals surface area contributed by atoms with Gasteiger partial charge in [-0.05, 0) is 12.8 Å². The van der Waals surface area contributed by atoms with Gasteiger partial charge in [0.15, 0.2) is 5.85 Å². The lowest BCUT2D eigenvalue weighted by Crippen LogP contribution is -2.03. The zero-order valence-electron chi connectivity index (χ0n) is 8.19. The normalized spacial score (nSPS) is 21.8. The van der Waals surface area contributed by atoms with E-state index in [2.05, 4.69) is 0 Å². The molecule has 0 spiro atoms. The molecule has 5 heteroatoms. The van der Waals surface area contributed by atoms with Crippen LogP contribution in [0.25, 0.3) is 0 Å². The third kappa shape index (κ3) is 3.39. The Hall–Kier alpha value is 0.110. The maximum atomic E-state index is 11.9. The molecule has 0 radical (unpaired) electrons. The van der Waals surface area contributed by atoms with E-state index in [1.54, 1.807) is 0 Å². The van der Waals surface area contributed by atoms with Gasteiger partial charge >= 0.3 is 7.60 Å². The SMILES string of the molecule is CCCOP(=O)(OCCC)C1CO1. The minimum absolute atomic E-state index is 0.300. The third-order valence-corrected chi connectivity index (χ3v) is 3.71. The summed E-state index contributed by atoms with van der Waals surface area (Å²) in [5.74, 6) is -0.300. The Morgan fingerprint density at radius 3 is 2.08 bits per heavy atom. The highest BCUT2D eigenvalue weighted by molar-refractivity contribution is 7.54. The molecule has 1 atom stereocenters. The molecule has 1 fully saturated rings. The fourth-order valence-corrected chi connectivity index (χ4v) is 2.60. The first-order chi connectivity index (χ1) is 6.23. The molecule has 1 aliphatic rings. The lowest BCUT2D eigenvalue weighted by molar-refractivity contribution is 0.194. The number of epoxide rings is 1. The van der Waals surface area contributed by atoms with Crippen molar-refractivity contribution in [3.63, 3.8) is 0 Å². The first kappa shape index (κ1) is 11.2. The van der Waals surface area contributed by atoms with Gasteiger partial charge in [-0.3, -0.25) is 4.57 Å². The van der Waals surface area contributed by atoms with E-state index < -0.39 is 7.60 Å².